The van der Waals surface area contributed by atoms with E-state index in [1.165, 1.54) is 72.8 Å². The maximum absolute atomic E-state index is 15.1. The van der Waals surface area contributed by atoms with Gasteiger partial charge in [-0.3, -0.25) is 0 Å². The smallest absolute Gasteiger partial charge is 0.465 e. The van der Waals surface area contributed by atoms with Crippen molar-refractivity contribution in [2.75, 3.05) is 14.2 Å². The molecule has 0 fully saturated rings. The summed E-state index contributed by atoms with van der Waals surface area (Å²) < 4.78 is 373. The molecule has 618 valence electrons. The van der Waals surface area contributed by atoms with Gasteiger partial charge in [0.15, 0.2) is 0 Å². The van der Waals surface area contributed by atoms with E-state index < -0.39 is 218 Å². The minimum Gasteiger partial charge on any atom is -0.465 e. The molecule has 0 atom stereocenters. The summed E-state index contributed by atoms with van der Waals surface area (Å²) in [6.45, 7) is 0. The summed E-state index contributed by atoms with van der Waals surface area (Å²) in [7, 11) is 2.19. The number of aromatic amines is 2. The third-order valence-corrected chi connectivity index (χ3v) is 20.0. The van der Waals surface area contributed by atoms with Gasteiger partial charge in [0.2, 0.25) is 0 Å². The summed E-state index contributed by atoms with van der Waals surface area (Å²) in [6, 6.07) is 19.1. The Kier molecular flexibility index (Phi) is 19.4. The van der Waals surface area contributed by atoms with E-state index in [1.807, 2.05) is 0 Å². The van der Waals surface area contributed by atoms with Gasteiger partial charge in [-0.2, -0.15) is 105 Å². The number of fused-ring (bicyclic) bond motifs is 22. The molecule has 8 bridgehead atoms. The predicted octanol–water partition coefficient (Wildman–Crippen LogP) is 23.6. The maximum Gasteiger partial charge on any atom is 2.00 e. The van der Waals surface area contributed by atoms with Crippen LogP contribution in [0.25, 0.3) is 179 Å². The van der Waals surface area contributed by atoms with E-state index >= 15 is 105 Å². The normalized spacial score (nSPS) is 13.0. The standard InChI is InChI=1S/C82H38F24N12O4.Zn/c1-121-73(119)33-7-3-31(4-8-33)63-107-55-27-51-52(28-56(55)108-63)66-111-65(51)113-69-59-47(35-15-39(75(83,84)85)23-40(16-35)76(86,87)88)11-13-49(37-19-43(79(95,96)97)25-44(20-37)80(98,99)100)61(59)71(117-69)115-67-53-29-57-58(110-64(109-57)32-5-9-34(10-6-32)74(120)122-2)30-54(53)68(112-67)116-72-62-50(38-21-45(81(101,102)103)26-46(22-38)82(104,105)106)14-12-48(60(62)70(114-66)118-72)36-17-41(77(89,90)91)24-42(18-36)78(92,93)94;/h3-30H,1-2H3,(H4,107,108,109,110,111,112,113,114,115,116,117,118,119,120);/q;+2/p-2. The Balaban J connectivity index is 0.0000112. The molecule has 41 heteroatoms. The van der Waals surface area contributed by atoms with Crippen LogP contribution in [0.4, 0.5) is 105 Å². The molecule has 0 saturated carbocycles. The topological polar surface area (TPSA) is 216 Å². The Morgan fingerprint density at radius 3 is 0.699 bits per heavy atom. The molecule has 10 aromatic carbocycles. The van der Waals surface area contributed by atoms with E-state index in [4.69, 9.17) is 29.4 Å². The van der Waals surface area contributed by atoms with Crippen molar-refractivity contribution >= 4 is 78.1 Å². The van der Waals surface area contributed by atoms with Crippen molar-refractivity contribution in [1.82, 2.24) is 59.8 Å². The molecule has 0 unspecified atom stereocenters. The fraction of sp³-hybridized carbons (Fsp3) is 0.122. The van der Waals surface area contributed by atoms with Crippen molar-refractivity contribution in [3.05, 3.63) is 225 Å². The second-order valence-corrected chi connectivity index (χ2v) is 27.6. The number of ether oxygens (including phenoxy) is 2. The van der Waals surface area contributed by atoms with Crippen LogP contribution in [0.3, 0.4) is 0 Å². The number of imidazole rings is 2. The monoisotopic (exact) mass is 1770 g/mol. The van der Waals surface area contributed by atoms with Crippen LogP contribution in [-0.4, -0.2) is 76.0 Å². The minimum absolute atomic E-state index is 0. The molecule has 7 heterocycles. The Morgan fingerprint density at radius 1 is 0.268 bits per heavy atom. The molecule has 2 N–H and O–H groups in total. The van der Waals surface area contributed by atoms with Crippen LogP contribution in [-0.2, 0) is 78.4 Å². The molecular weight excluding hydrogens is 1740 g/mol. The molecule has 2 aliphatic heterocycles. The SMILES string of the molecule is COC(=O)c1ccc(-c2nc3cc4c(cc3[nH]2)-c2nc-4nc3[n-]c(nc4nc(nc5[n-]c(n2)c2c(-c6cc(C(F)(F)F)cc(C(F)(F)F)c6)ccc(-c6cc(C(F)(F)F)cc(C(F)(F)F)c6)c52)-c2cc5nc(-c6ccc(C(=O)OC)cc6)[nH]c5cc2-4)c2c(-c4cc(C(F)(F)F)cc(C(F)(F)F)c4)ccc(-c4cc(C(F)(F)F)cc(C(F)(F)F)c4)c32)cc1.[Zn+2]. The largest absolute Gasteiger partial charge is 2.00 e. The van der Waals surface area contributed by atoms with Gasteiger partial charge in [-0.05, 0) is 166 Å². The summed E-state index contributed by atoms with van der Waals surface area (Å²) in [6.07, 6.45) is -45.1. The van der Waals surface area contributed by atoms with Crippen molar-refractivity contribution in [1.29, 1.82) is 0 Å². The van der Waals surface area contributed by atoms with Gasteiger partial charge >= 0.3 is 80.8 Å². The number of nitrogens with one attached hydrogen (secondary N) is 2. The van der Waals surface area contributed by atoms with Gasteiger partial charge in [-0.15, -0.1) is 0 Å². The first kappa shape index (κ1) is 83.1. The van der Waals surface area contributed by atoms with Crippen LogP contribution < -0.4 is 9.97 Å². The van der Waals surface area contributed by atoms with Gasteiger partial charge in [-0.25, -0.2) is 29.5 Å². The first-order chi connectivity index (χ1) is 57.1. The Hall–Kier alpha value is -13.6. The number of esters is 2. The summed E-state index contributed by atoms with van der Waals surface area (Å²) in [4.78, 5) is 78.0. The molecule has 0 amide bonds. The Morgan fingerprint density at radius 2 is 0.488 bits per heavy atom. The maximum atomic E-state index is 15.1. The number of hydrogen-bond acceptors (Lipinski definition) is 12. The molecule has 16 nitrogen and oxygen atoms in total. The third kappa shape index (κ3) is 15.2. The van der Waals surface area contributed by atoms with Crippen molar-refractivity contribution in [2.45, 2.75) is 49.4 Å². The molecule has 2 aliphatic rings. The van der Waals surface area contributed by atoms with Crippen LogP contribution in [0, 0.1) is 0 Å². The Bertz CT molecular complexity index is 6260. The summed E-state index contributed by atoms with van der Waals surface area (Å²) in [5, 5.41) is -3.32. The van der Waals surface area contributed by atoms with Crippen molar-refractivity contribution in [3.8, 4) is 113 Å². The molecule has 5 aromatic heterocycles. The molecule has 123 heavy (non-hydrogen) atoms. The molecule has 0 spiro atoms. The van der Waals surface area contributed by atoms with Crippen LogP contribution in [0.15, 0.2) is 170 Å². The molecule has 17 rings (SSSR count). The number of nitrogens with zero attached hydrogens (tertiary/aromatic N) is 10. The first-order valence-electron chi connectivity index (χ1n) is 34.8. The van der Waals surface area contributed by atoms with Crippen LogP contribution >= 0.6 is 0 Å². The first-order valence-corrected chi connectivity index (χ1v) is 34.8. The van der Waals surface area contributed by atoms with E-state index in [0.717, 1.165) is 38.5 Å². The number of halogens is 24. The third-order valence-electron chi connectivity index (χ3n) is 20.0. The second-order valence-electron chi connectivity index (χ2n) is 27.6. The summed E-state index contributed by atoms with van der Waals surface area (Å²) in [5.74, 6) is -4.63. The van der Waals surface area contributed by atoms with Crippen LogP contribution in [0.2, 0.25) is 0 Å². The molecule has 0 aliphatic carbocycles. The van der Waals surface area contributed by atoms with Crippen molar-refractivity contribution < 1.29 is 144 Å². The van der Waals surface area contributed by atoms with Crippen molar-refractivity contribution in [2.24, 2.45) is 0 Å². The zero-order chi connectivity index (χ0) is 87.1. The van der Waals surface area contributed by atoms with E-state index in [-0.39, 0.29) is 170 Å². The number of rotatable bonds is 8. The van der Waals surface area contributed by atoms with E-state index in [1.54, 1.807) is 0 Å². The summed E-state index contributed by atoms with van der Waals surface area (Å²) >= 11 is 0. The number of benzene rings is 10. The predicted molar refractivity (Wildman–Crippen MR) is 389 cm³/mol. The number of alkyl halides is 24. The molecule has 0 saturated heterocycles. The summed E-state index contributed by atoms with van der Waals surface area (Å²) in [5.41, 5.74) is -28.0. The quantitative estimate of drug-likeness (QED) is 0.0822. The average Bonchev–Trinajstić information content (AvgIpc) is 1.58. The zero-order valence-electron chi connectivity index (χ0n) is 61.0. The number of aromatic nitrogens is 12. The second kappa shape index (κ2) is 28.8. The van der Waals surface area contributed by atoms with Gasteiger partial charge < -0.3 is 49.3 Å². The van der Waals surface area contributed by atoms with E-state index in [2.05, 4.69) is 39.9 Å². The van der Waals surface area contributed by atoms with Gasteiger partial charge in [0, 0.05) is 77.5 Å². The van der Waals surface area contributed by atoms with E-state index in [9.17, 15) is 9.59 Å². The van der Waals surface area contributed by atoms with Crippen LogP contribution in [0.1, 0.15) is 65.2 Å². The number of hydrogen-bond donors (Lipinski definition) is 2. The van der Waals surface area contributed by atoms with Gasteiger partial charge in [0.1, 0.15) is 11.6 Å². The van der Waals surface area contributed by atoms with Gasteiger partial charge in [0.25, 0.3) is 0 Å². The molecular formula is C82H36F24N12O4Zn. The van der Waals surface area contributed by atoms with E-state index in [0.29, 0.717) is 0 Å². The van der Waals surface area contributed by atoms with Crippen LogP contribution in [0.5, 0.6) is 0 Å². The fourth-order valence-electron chi connectivity index (χ4n) is 14.4. The molecule has 15 aromatic rings. The van der Waals surface area contributed by atoms with Gasteiger partial charge in [0.05, 0.1) is 115 Å². The molecule has 0 radical (unpaired) electrons. The number of carbonyl (C=O) groups excluding carboxylic acids is 2. The average molecular weight is 1770 g/mol. The van der Waals surface area contributed by atoms with Gasteiger partial charge in [-0.1, -0.05) is 48.5 Å². The number of H-pyrrole nitrogens is 2. The zero-order valence-corrected chi connectivity index (χ0v) is 64.0. The van der Waals surface area contributed by atoms with Crippen molar-refractivity contribution in [3.63, 3.8) is 0 Å². The minimum atomic E-state index is -5.63. The Labute approximate surface area is 680 Å². The fourth-order valence-corrected chi connectivity index (χ4v) is 14.4. The number of carbonyl (C=O) groups is 2. The number of methoxy groups -OCH3 is 2.